The summed E-state index contributed by atoms with van der Waals surface area (Å²) < 4.78 is 19.6. The van der Waals surface area contributed by atoms with Crippen LogP contribution < -0.4 is 10.2 Å². The highest BCUT2D eigenvalue weighted by Gasteiger charge is 2.26. The summed E-state index contributed by atoms with van der Waals surface area (Å²) in [7, 11) is 1.56. The molecule has 0 spiro atoms. The van der Waals surface area contributed by atoms with Gasteiger partial charge < -0.3 is 14.6 Å². The first-order valence-corrected chi connectivity index (χ1v) is 12.1. The summed E-state index contributed by atoms with van der Waals surface area (Å²) in [5.74, 6) is -0.327. The van der Waals surface area contributed by atoms with Crippen LogP contribution in [0.25, 0.3) is 33.4 Å². The summed E-state index contributed by atoms with van der Waals surface area (Å²) >= 11 is 0. The van der Waals surface area contributed by atoms with E-state index in [-0.39, 0.29) is 17.6 Å². The van der Waals surface area contributed by atoms with Gasteiger partial charge in [0.1, 0.15) is 17.2 Å². The molecular weight excluding hydrogens is 467 g/mol. The molecule has 0 unspecified atom stereocenters. The van der Waals surface area contributed by atoms with Gasteiger partial charge in [0, 0.05) is 35.8 Å². The van der Waals surface area contributed by atoms with Crippen molar-refractivity contribution in [3.8, 4) is 22.5 Å². The largest absolute Gasteiger partial charge is 0.455 e. The molecule has 0 radical (unpaired) electrons. The normalized spacial score (nSPS) is 12.5. The van der Waals surface area contributed by atoms with Gasteiger partial charge in [-0.05, 0) is 77.7 Å². The number of nitrogens with zero attached hydrogens (tertiary/aromatic N) is 1. The second-order valence-electron chi connectivity index (χ2n) is 9.02. The Kier molecular flexibility index (Phi) is 5.57. The minimum Gasteiger partial charge on any atom is -0.455 e. The first kappa shape index (κ1) is 22.7. The van der Waals surface area contributed by atoms with Crippen molar-refractivity contribution in [2.24, 2.45) is 0 Å². The Morgan fingerprint density at radius 3 is 2.43 bits per heavy atom. The van der Waals surface area contributed by atoms with Gasteiger partial charge in [-0.2, -0.15) is 0 Å². The Labute approximate surface area is 213 Å². The number of nitrogens with one attached hydrogen (secondary N) is 1. The number of anilines is 1. The van der Waals surface area contributed by atoms with E-state index in [2.05, 4.69) is 11.4 Å². The number of rotatable bonds is 4. The molecule has 0 aliphatic carbocycles. The number of carbonyl (C=O) groups excluding carboxylic acids is 2. The number of furan rings is 1. The first-order chi connectivity index (χ1) is 18.0. The highest BCUT2D eigenvalue weighted by molar-refractivity contribution is 6.12. The van der Waals surface area contributed by atoms with E-state index in [1.54, 1.807) is 19.2 Å². The van der Waals surface area contributed by atoms with Crippen molar-refractivity contribution in [3.05, 3.63) is 114 Å². The molecule has 6 heteroatoms. The summed E-state index contributed by atoms with van der Waals surface area (Å²) in [6, 6.07) is 27.0. The average Bonchev–Trinajstić information content (AvgIpc) is 3.54. The predicted octanol–water partition coefficient (Wildman–Crippen LogP) is 6.47. The first-order valence-electron chi connectivity index (χ1n) is 12.1. The quantitative estimate of drug-likeness (QED) is 0.314. The van der Waals surface area contributed by atoms with Gasteiger partial charge in [-0.1, -0.05) is 36.4 Å². The van der Waals surface area contributed by atoms with E-state index in [9.17, 15) is 14.0 Å². The minimum atomic E-state index is -0.365. The lowest BCUT2D eigenvalue weighted by molar-refractivity contribution is 0.0962. The molecule has 2 amide bonds. The van der Waals surface area contributed by atoms with E-state index in [4.69, 9.17) is 4.42 Å². The number of halogens is 1. The molecule has 37 heavy (non-hydrogen) atoms. The zero-order chi connectivity index (χ0) is 25.5. The third kappa shape index (κ3) is 3.96. The molecule has 4 aromatic carbocycles. The van der Waals surface area contributed by atoms with Gasteiger partial charge in [0.15, 0.2) is 0 Å². The molecule has 5 aromatic rings. The molecule has 1 aliphatic heterocycles. The topological polar surface area (TPSA) is 62.6 Å². The summed E-state index contributed by atoms with van der Waals surface area (Å²) in [5, 5.41) is 3.32. The summed E-state index contributed by atoms with van der Waals surface area (Å²) in [4.78, 5) is 28.1. The molecule has 0 fully saturated rings. The van der Waals surface area contributed by atoms with Crippen LogP contribution in [0.2, 0.25) is 0 Å². The lowest BCUT2D eigenvalue weighted by atomic mass is 9.98. The van der Waals surface area contributed by atoms with Gasteiger partial charge in [0.05, 0.1) is 5.56 Å². The van der Waals surface area contributed by atoms with Crippen LogP contribution in [-0.4, -0.2) is 25.4 Å². The van der Waals surface area contributed by atoms with Gasteiger partial charge >= 0.3 is 0 Å². The van der Waals surface area contributed by atoms with E-state index in [0.29, 0.717) is 40.0 Å². The van der Waals surface area contributed by atoms with Crippen molar-refractivity contribution >= 4 is 28.5 Å². The number of para-hydroxylation sites is 1. The molecule has 0 saturated heterocycles. The maximum absolute atomic E-state index is 13.5. The SMILES string of the molecule is CNC(=O)c1c(-c2ccc(F)cc2)oc2ccc(-c3cccc(C(=O)N4CCc5ccccc54)c3)cc12. The zero-order valence-electron chi connectivity index (χ0n) is 20.1. The molecule has 6 rings (SSSR count). The van der Waals surface area contributed by atoms with Crippen LogP contribution in [0.1, 0.15) is 26.3 Å². The van der Waals surface area contributed by atoms with Crippen LogP contribution in [0.3, 0.4) is 0 Å². The Hall–Kier alpha value is -4.71. The molecule has 1 aromatic heterocycles. The molecule has 1 aliphatic rings. The Morgan fingerprint density at radius 1 is 0.865 bits per heavy atom. The van der Waals surface area contributed by atoms with Crippen LogP contribution in [0, 0.1) is 5.82 Å². The summed E-state index contributed by atoms with van der Waals surface area (Å²) in [6.07, 6.45) is 0.845. The van der Waals surface area contributed by atoms with Crippen molar-refractivity contribution in [2.45, 2.75) is 6.42 Å². The predicted molar refractivity (Wildman–Crippen MR) is 142 cm³/mol. The van der Waals surface area contributed by atoms with Crippen molar-refractivity contribution < 1.29 is 18.4 Å². The van der Waals surface area contributed by atoms with Crippen LogP contribution in [0.4, 0.5) is 10.1 Å². The fourth-order valence-electron chi connectivity index (χ4n) is 4.97. The molecule has 182 valence electrons. The molecule has 2 heterocycles. The van der Waals surface area contributed by atoms with Crippen molar-refractivity contribution in [3.63, 3.8) is 0 Å². The average molecular weight is 491 g/mol. The molecule has 0 atom stereocenters. The van der Waals surface area contributed by atoms with Gasteiger partial charge in [-0.3, -0.25) is 9.59 Å². The van der Waals surface area contributed by atoms with Crippen LogP contribution >= 0.6 is 0 Å². The molecule has 0 bridgehead atoms. The highest BCUT2D eigenvalue weighted by atomic mass is 19.1. The minimum absolute atomic E-state index is 0.0409. The van der Waals surface area contributed by atoms with Crippen LogP contribution in [0.5, 0.6) is 0 Å². The third-order valence-electron chi connectivity index (χ3n) is 6.82. The van der Waals surface area contributed by atoms with Crippen molar-refractivity contribution in [2.75, 3.05) is 18.5 Å². The van der Waals surface area contributed by atoms with Gasteiger partial charge in [-0.15, -0.1) is 0 Å². The number of carbonyl (C=O) groups is 2. The van der Waals surface area contributed by atoms with E-state index >= 15 is 0 Å². The van der Waals surface area contributed by atoms with E-state index in [1.807, 2.05) is 65.6 Å². The van der Waals surface area contributed by atoms with Crippen LogP contribution in [-0.2, 0) is 6.42 Å². The highest BCUT2D eigenvalue weighted by Crippen LogP contribution is 2.36. The van der Waals surface area contributed by atoms with Gasteiger partial charge in [0.25, 0.3) is 11.8 Å². The number of hydrogen-bond acceptors (Lipinski definition) is 3. The van der Waals surface area contributed by atoms with E-state index in [1.165, 1.54) is 17.7 Å². The number of amides is 2. The number of benzene rings is 4. The second kappa shape index (κ2) is 9.06. The summed E-state index contributed by atoms with van der Waals surface area (Å²) in [6.45, 7) is 0.658. The monoisotopic (exact) mass is 490 g/mol. The van der Waals surface area contributed by atoms with Gasteiger partial charge in [0.2, 0.25) is 0 Å². The molecule has 1 N–H and O–H groups in total. The van der Waals surface area contributed by atoms with E-state index < -0.39 is 0 Å². The summed E-state index contributed by atoms with van der Waals surface area (Å²) in [5.41, 5.74) is 5.97. The van der Waals surface area contributed by atoms with Gasteiger partial charge in [-0.25, -0.2) is 4.39 Å². The Morgan fingerprint density at radius 2 is 1.62 bits per heavy atom. The standard InChI is InChI=1S/C31H23FN2O3/c1-33-30(35)28-25-18-22(11-14-27(25)37-29(28)20-9-12-24(32)13-10-20)21-6-4-7-23(17-21)31(36)34-16-15-19-5-2-3-8-26(19)34/h2-14,17-18H,15-16H2,1H3,(H,33,35). The fraction of sp³-hybridized carbons (Fsp3) is 0.0968. The maximum atomic E-state index is 13.5. The zero-order valence-corrected chi connectivity index (χ0v) is 20.1. The Balaban J connectivity index is 1.41. The van der Waals surface area contributed by atoms with E-state index in [0.717, 1.165) is 23.2 Å². The lowest BCUT2D eigenvalue weighted by Gasteiger charge is -2.18. The van der Waals surface area contributed by atoms with Crippen molar-refractivity contribution in [1.82, 2.24) is 5.32 Å². The maximum Gasteiger partial charge on any atom is 0.258 e. The molecule has 0 saturated carbocycles. The van der Waals surface area contributed by atoms with Crippen molar-refractivity contribution in [1.29, 1.82) is 0 Å². The molecule has 5 nitrogen and oxygen atoms in total. The van der Waals surface area contributed by atoms with Crippen LogP contribution in [0.15, 0.2) is 95.4 Å². The smallest absolute Gasteiger partial charge is 0.258 e. The number of fused-ring (bicyclic) bond motifs is 2. The second-order valence-corrected chi connectivity index (χ2v) is 9.02. The fourth-order valence-corrected chi connectivity index (χ4v) is 4.97. The third-order valence-corrected chi connectivity index (χ3v) is 6.82. The molecular formula is C31H23FN2O3. The lowest BCUT2D eigenvalue weighted by Crippen LogP contribution is -2.28. The number of hydrogen-bond donors (Lipinski definition) is 1. The Bertz CT molecular complexity index is 1670.